The van der Waals surface area contributed by atoms with Gasteiger partial charge in [-0.05, 0) is 145 Å². The van der Waals surface area contributed by atoms with E-state index in [0.717, 1.165) is 82.8 Å². The molecule has 0 saturated heterocycles. The highest BCUT2D eigenvalue weighted by molar-refractivity contribution is 7.90. The number of carbonyl (C=O) groups excluding carboxylic acids is 2. The fourth-order valence-corrected chi connectivity index (χ4v) is 14.5. The highest BCUT2D eigenvalue weighted by Crippen LogP contribution is 2.38. The predicted molar refractivity (Wildman–Crippen MR) is 348 cm³/mol. The Morgan fingerprint density at radius 3 is 1.43 bits per heavy atom. The van der Waals surface area contributed by atoms with Gasteiger partial charge in [-0.25, -0.2) is 39.7 Å². The lowest BCUT2D eigenvalue weighted by molar-refractivity contribution is -0.116. The molecule has 0 bridgehead atoms. The van der Waals surface area contributed by atoms with Crippen LogP contribution < -0.4 is 25.8 Å². The standard InChI is InChI=1S/C27H23N3O4S2.C20H17N3O2S.C18H15N3O2S2/c1-18-8-10-22(11-9-18)36(32,33)30-16-24(23-7-4-12-28-27(23)30)20-15-26(35-17-20)29-25(31)14-19-5-3-6-21(13-19)34-2;1-25-15-5-2-4-13(8-15)9-18(24)23-19-10-14(12-26-19)17-11-22-20-16(17)6-3-7-21-20;1-12-4-6-14(7-5-12)25(22,23)21-10-16(13-9-17(19)24-11-13)15-3-2-8-20-18(15)21/h3-13,15-17H,14H2,1-2H3,(H,29,31);2-8,10-12H,9H2,1H3,(H,21,22)(H,23,24);2-11H,19H2,1H3. The van der Waals surface area contributed by atoms with E-state index in [0.29, 0.717) is 38.9 Å². The number of amides is 2. The Bertz CT molecular complexity index is 4870. The average molecular weight is 1250 g/mol. The number of nitrogen functional groups attached to an aromatic ring is 1. The molecule has 0 radical (unpaired) electrons. The van der Waals surface area contributed by atoms with Crippen LogP contribution in [0.4, 0.5) is 15.0 Å². The third kappa shape index (κ3) is 13.1. The summed E-state index contributed by atoms with van der Waals surface area (Å²) in [5.41, 5.74) is 16.5. The number of benzene rings is 4. The number of thiophene rings is 3. The lowest BCUT2D eigenvalue weighted by atomic mass is 10.1. The first kappa shape index (κ1) is 59.0. The van der Waals surface area contributed by atoms with Crippen LogP contribution in [-0.4, -0.2) is 70.8 Å². The monoisotopic (exact) mass is 1250 g/mol. The molecular formula is C65H55N9O8S5. The van der Waals surface area contributed by atoms with E-state index in [1.807, 2.05) is 127 Å². The van der Waals surface area contributed by atoms with Gasteiger partial charge in [-0.15, -0.1) is 34.0 Å². The van der Waals surface area contributed by atoms with Gasteiger partial charge in [0.05, 0.1) is 51.9 Å². The van der Waals surface area contributed by atoms with Gasteiger partial charge >= 0.3 is 0 Å². The Labute approximate surface area is 513 Å². The van der Waals surface area contributed by atoms with Gasteiger partial charge in [0.15, 0.2) is 11.3 Å². The fourth-order valence-electron chi connectivity index (χ4n) is 9.61. The molecule has 0 fully saturated rings. The van der Waals surface area contributed by atoms with Crippen LogP contribution in [0.2, 0.25) is 0 Å². The van der Waals surface area contributed by atoms with Crippen LogP contribution in [0.1, 0.15) is 22.3 Å². The number of aryl methyl sites for hydroxylation is 2. The normalized spacial score (nSPS) is 11.4. The van der Waals surface area contributed by atoms with Crippen LogP contribution in [0.3, 0.4) is 0 Å². The molecule has 5 N–H and O–H groups in total. The number of pyridine rings is 3. The molecule has 9 aromatic heterocycles. The lowest BCUT2D eigenvalue weighted by Crippen LogP contribution is -2.13. The second kappa shape index (κ2) is 25.5. The number of H-pyrrole nitrogens is 1. The Kier molecular flexibility index (Phi) is 17.3. The lowest BCUT2D eigenvalue weighted by Gasteiger charge is -2.07. The number of fused-ring (bicyclic) bond motifs is 3. The van der Waals surface area contributed by atoms with Gasteiger partial charge < -0.3 is 30.8 Å². The Morgan fingerprint density at radius 1 is 0.529 bits per heavy atom. The summed E-state index contributed by atoms with van der Waals surface area (Å²) < 4.78 is 66.0. The summed E-state index contributed by atoms with van der Waals surface area (Å²) >= 11 is 4.31. The van der Waals surface area contributed by atoms with Gasteiger partial charge in [-0.1, -0.05) is 59.7 Å². The molecule has 9 heterocycles. The zero-order valence-corrected chi connectivity index (χ0v) is 51.2. The molecule has 13 rings (SSSR count). The molecular weight excluding hydrogens is 1200 g/mol. The summed E-state index contributed by atoms with van der Waals surface area (Å²) in [4.78, 5) is 41.5. The van der Waals surface area contributed by atoms with Crippen molar-refractivity contribution in [3.05, 3.63) is 227 Å². The maximum absolute atomic E-state index is 13.4. The summed E-state index contributed by atoms with van der Waals surface area (Å²) in [6.45, 7) is 3.83. The van der Waals surface area contributed by atoms with Crippen LogP contribution >= 0.6 is 34.0 Å². The average Bonchev–Trinajstić information content (AvgIpc) is 1.97. The zero-order chi connectivity index (χ0) is 60.8. The van der Waals surface area contributed by atoms with Crippen molar-refractivity contribution < 1.29 is 35.9 Å². The molecule has 2 amide bonds. The first-order valence-corrected chi connectivity index (χ1v) is 32.4. The zero-order valence-electron chi connectivity index (χ0n) is 47.2. The maximum Gasteiger partial charge on any atom is 0.269 e. The molecule has 0 aliphatic carbocycles. The number of methoxy groups -OCH3 is 2. The van der Waals surface area contributed by atoms with Gasteiger partial charge in [0.1, 0.15) is 17.1 Å². The van der Waals surface area contributed by atoms with E-state index in [1.54, 1.807) is 106 Å². The summed E-state index contributed by atoms with van der Waals surface area (Å²) in [6, 6.07) is 45.4. The van der Waals surface area contributed by atoms with Gasteiger partial charge in [0.2, 0.25) is 11.8 Å². The minimum absolute atomic E-state index is 0.0488. The number of aromatic amines is 1. The van der Waals surface area contributed by atoms with Crippen LogP contribution in [0.15, 0.2) is 215 Å². The van der Waals surface area contributed by atoms with Crippen molar-refractivity contribution in [1.29, 1.82) is 0 Å². The van der Waals surface area contributed by atoms with Crippen molar-refractivity contribution in [1.82, 2.24) is 27.9 Å². The number of nitrogens with one attached hydrogen (secondary N) is 3. The second-order valence-corrected chi connectivity index (χ2v) is 26.3. The minimum Gasteiger partial charge on any atom is -0.497 e. The van der Waals surface area contributed by atoms with Gasteiger partial charge in [-0.2, -0.15) is 0 Å². The molecule has 22 heteroatoms. The number of nitrogens with two attached hydrogens (primary N) is 1. The Balaban J connectivity index is 0.000000138. The van der Waals surface area contributed by atoms with Gasteiger partial charge in [0.25, 0.3) is 20.0 Å². The molecule has 4 aromatic carbocycles. The largest absolute Gasteiger partial charge is 0.497 e. The van der Waals surface area contributed by atoms with Crippen molar-refractivity contribution >= 4 is 114 Å². The molecule has 13 aromatic rings. The quantitative estimate of drug-likeness (QED) is 0.0750. The number of carbonyl (C=O) groups is 2. The third-order valence-electron chi connectivity index (χ3n) is 13.9. The first-order valence-electron chi connectivity index (χ1n) is 26.9. The summed E-state index contributed by atoms with van der Waals surface area (Å²) in [7, 11) is -4.38. The number of ether oxygens (including phenoxy) is 2. The van der Waals surface area contributed by atoms with Crippen LogP contribution in [0, 0.1) is 13.8 Å². The van der Waals surface area contributed by atoms with Crippen LogP contribution in [-0.2, 0) is 42.5 Å². The molecule has 17 nitrogen and oxygen atoms in total. The van der Waals surface area contributed by atoms with Gasteiger partial charge in [-0.3, -0.25) is 9.59 Å². The van der Waals surface area contributed by atoms with Gasteiger partial charge in [0, 0.05) is 86.2 Å². The number of hydrogen-bond acceptors (Lipinski definition) is 15. The number of hydrogen-bond donors (Lipinski definition) is 4. The van der Waals surface area contributed by atoms with Crippen molar-refractivity contribution in [2.75, 3.05) is 30.6 Å². The number of nitrogens with zero attached hydrogens (tertiary/aromatic N) is 5. The highest BCUT2D eigenvalue weighted by atomic mass is 32.2. The van der Waals surface area contributed by atoms with E-state index in [1.165, 1.54) is 42.0 Å². The Hall–Kier alpha value is -9.71. The van der Waals surface area contributed by atoms with E-state index in [2.05, 4.69) is 30.6 Å². The molecule has 0 atom stereocenters. The number of anilines is 3. The molecule has 0 unspecified atom stereocenters. The first-order chi connectivity index (χ1) is 42.0. The van der Waals surface area contributed by atoms with E-state index in [4.69, 9.17) is 15.2 Å². The van der Waals surface area contributed by atoms with E-state index >= 15 is 0 Å². The van der Waals surface area contributed by atoms with Crippen molar-refractivity contribution in [2.45, 2.75) is 36.5 Å². The topological polar surface area (TPSA) is 235 Å². The van der Waals surface area contributed by atoms with Crippen molar-refractivity contribution in [3.8, 4) is 44.9 Å². The molecule has 438 valence electrons. The summed E-state index contributed by atoms with van der Waals surface area (Å²) in [6.07, 6.45) is 10.6. The predicted octanol–water partition coefficient (Wildman–Crippen LogP) is 13.9. The molecule has 87 heavy (non-hydrogen) atoms. The van der Waals surface area contributed by atoms with Crippen molar-refractivity contribution in [3.63, 3.8) is 0 Å². The third-order valence-corrected chi connectivity index (χ3v) is 19.7. The SMILES string of the molecule is COc1cccc(CC(=O)Nc2cc(-c3c[nH]c4ncccc34)cs2)c1.COc1cccc(CC(=O)Nc2cc(-c3cn(S(=O)(=O)c4ccc(C)cc4)c4ncccc34)cs2)c1.Cc1ccc(S(=O)(=O)n2cc(-c3csc(N)c3)c3cccnc32)cc1. The van der Waals surface area contributed by atoms with Crippen LogP contribution in [0.25, 0.3) is 66.5 Å². The molecule has 0 spiro atoms. The van der Waals surface area contributed by atoms with E-state index < -0.39 is 20.0 Å². The summed E-state index contributed by atoms with van der Waals surface area (Å²) in [5, 5.41) is 16.5. The van der Waals surface area contributed by atoms with Crippen LogP contribution in [0.5, 0.6) is 11.5 Å². The minimum atomic E-state index is -3.84. The second-order valence-electron chi connectivity index (χ2n) is 20.0. The summed E-state index contributed by atoms with van der Waals surface area (Å²) in [5.74, 6) is 1.25. The highest BCUT2D eigenvalue weighted by Gasteiger charge is 2.25. The molecule has 0 aliphatic rings. The van der Waals surface area contributed by atoms with E-state index in [9.17, 15) is 26.4 Å². The number of aromatic nitrogens is 6. The molecule has 0 saturated carbocycles. The number of rotatable bonds is 15. The van der Waals surface area contributed by atoms with Crippen molar-refractivity contribution in [2.24, 2.45) is 0 Å². The smallest absolute Gasteiger partial charge is 0.269 e. The molecule has 0 aliphatic heterocycles. The van der Waals surface area contributed by atoms with E-state index in [-0.39, 0.29) is 28.0 Å². The fraction of sp³-hybridized carbons (Fsp3) is 0.0923. The maximum atomic E-state index is 13.4. The Morgan fingerprint density at radius 2 is 0.966 bits per heavy atom.